The number of thioether (sulfide) groups is 8. The molecule has 768 valence electrons. The molecule has 128 heavy (non-hydrogen) atoms. The predicted octanol–water partition coefficient (Wildman–Crippen LogP) is 25.4. The summed E-state index contributed by atoms with van der Waals surface area (Å²) in [6.07, 6.45) is 12.5. The highest BCUT2D eigenvalue weighted by molar-refractivity contribution is 8.15. The van der Waals surface area contributed by atoms with Crippen LogP contribution in [0.15, 0.2) is 0 Å². The molecule has 0 aliphatic heterocycles. The number of nitrogens with zero attached hydrogens (tertiary/aromatic N) is 8. The Balaban J connectivity index is -0.000000215. The van der Waals surface area contributed by atoms with Gasteiger partial charge in [-0.15, -0.1) is 0 Å². The Morgan fingerprint density at radius 3 is 0.469 bits per heavy atom. The van der Waals surface area contributed by atoms with Crippen LogP contribution in [0.3, 0.4) is 0 Å². The average Bonchev–Trinajstić information content (AvgIpc) is 0.891. The van der Waals surface area contributed by atoms with Gasteiger partial charge in [0.15, 0.2) is 40.9 Å². The summed E-state index contributed by atoms with van der Waals surface area (Å²) in [6, 6.07) is 0. The molecular formula is C104H224N8O8S8+8. The average molecular weight is 1970 g/mol. The molecule has 0 saturated carbocycles. The topological polar surface area (TPSA) is 137 Å². The van der Waals surface area contributed by atoms with Crippen molar-refractivity contribution in [3.8, 4) is 0 Å². The Bertz CT molecular complexity index is 2750. The first kappa shape index (κ1) is 143. The van der Waals surface area contributed by atoms with Crippen LogP contribution in [0.1, 0.15) is 327 Å². The lowest BCUT2D eigenvalue weighted by Crippen LogP contribution is -2.50. The third-order valence-electron chi connectivity index (χ3n) is 24.0. The minimum absolute atomic E-state index is 0.167. The Labute approximate surface area is 833 Å². The van der Waals surface area contributed by atoms with E-state index in [9.17, 15) is 38.4 Å². The SMILES string of the molecule is CC(C)(C)C(=O)SCC[N+](C)(C)C.CC(C)C(=O)SCC[N+](C)(C)C.CCCC[N+](CC)(CCC)CCSC(=O)C(C)(C)C.CCCC[N+](CC)(CCC)CCSC(=O)C(C)C.CCC[N+](CC)(CCC)CCSC(=O)C(C)(C)C.CCC[N+](CC)(CCC)CCSC(=O)C(C)C.CC[N+](CC)(CC)CCSC(=O)C(C)(C)C.CC[N+](CC)(CC)CCSC(=O)C(C)C. The molecule has 0 rings (SSSR count). The quantitative estimate of drug-likeness (QED) is 0.0534. The van der Waals surface area contributed by atoms with Crippen molar-refractivity contribution < 1.29 is 74.2 Å². The molecule has 0 N–H and O–H groups in total. The number of hydrogen-bond acceptors (Lipinski definition) is 16. The number of unbranched alkanes of at least 4 members (excludes halogenated alkanes) is 2. The van der Waals surface area contributed by atoms with Gasteiger partial charge in [-0.2, -0.15) is 0 Å². The van der Waals surface area contributed by atoms with Crippen LogP contribution in [0.4, 0.5) is 0 Å². The van der Waals surface area contributed by atoms with Gasteiger partial charge in [0, 0.05) is 45.3 Å². The predicted molar refractivity (Wildman–Crippen MR) is 589 cm³/mol. The minimum Gasteiger partial charge on any atom is -0.330 e. The maximum Gasteiger partial charge on any atom is 0.194 e. The first-order chi connectivity index (χ1) is 58.9. The van der Waals surface area contributed by atoms with Gasteiger partial charge in [0.1, 0.15) is 0 Å². The van der Waals surface area contributed by atoms with E-state index >= 15 is 0 Å². The smallest absolute Gasteiger partial charge is 0.194 e. The zero-order valence-electron chi connectivity index (χ0n) is 93.5. The summed E-state index contributed by atoms with van der Waals surface area (Å²) in [4.78, 5) is 93.0. The molecule has 0 radical (unpaired) electrons. The van der Waals surface area contributed by atoms with E-state index in [0.717, 1.165) is 136 Å². The van der Waals surface area contributed by atoms with E-state index in [-0.39, 0.29) is 45.3 Å². The maximum absolute atomic E-state index is 12.0. The van der Waals surface area contributed by atoms with Crippen molar-refractivity contribution in [2.24, 2.45) is 45.3 Å². The molecular weight excluding hydrogens is 1750 g/mol. The van der Waals surface area contributed by atoms with E-state index in [0.29, 0.717) is 40.9 Å². The largest absolute Gasteiger partial charge is 0.330 e. The molecule has 0 bridgehead atoms. The monoisotopic (exact) mass is 1970 g/mol. The molecule has 0 amide bonds. The van der Waals surface area contributed by atoms with Gasteiger partial charge in [-0.25, -0.2) is 0 Å². The molecule has 0 spiro atoms. The van der Waals surface area contributed by atoms with Gasteiger partial charge < -0.3 is 35.9 Å². The maximum atomic E-state index is 12.0. The van der Waals surface area contributed by atoms with Gasteiger partial charge in [0.05, 0.1) is 258 Å². The lowest BCUT2D eigenvalue weighted by molar-refractivity contribution is -0.924. The van der Waals surface area contributed by atoms with Crippen molar-refractivity contribution in [1.29, 1.82) is 0 Å². The molecule has 0 heterocycles. The Morgan fingerprint density at radius 1 is 0.195 bits per heavy atom. The summed E-state index contributed by atoms with van der Waals surface area (Å²) in [6.45, 7) is 111. The fourth-order valence-corrected chi connectivity index (χ4v) is 22.5. The van der Waals surface area contributed by atoms with Crippen LogP contribution in [0.25, 0.3) is 0 Å². The molecule has 0 saturated heterocycles. The van der Waals surface area contributed by atoms with Gasteiger partial charge in [0.25, 0.3) is 0 Å². The van der Waals surface area contributed by atoms with Crippen molar-refractivity contribution in [1.82, 2.24) is 0 Å². The molecule has 0 fully saturated rings. The second kappa shape index (κ2) is 78.6. The number of carbonyl (C=O) groups is 8. The molecule has 2 unspecified atom stereocenters. The summed E-state index contributed by atoms with van der Waals surface area (Å²) in [5, 5.41) is 2.58. The summed E-state index contributed by atoms with van der Waals surface area (Å²) < 4.78 is 8.87. The van der Waals surface area contributed by atoms with E-state index in [2.05, 4.69) is 167 Å². The number of carbonyl (C=O) groups excluding carboxylic acids is 8. The second-order valence-electron chi connectivity index (χ2n) is 42.9. The van der Waals surface area contributed by atoms with Gasteiger partial charge in [-0.3, -0.25) is 38.4 Å². The van der Waals surface area contributed by atoms with Crippen molar-refractivity contribution in [2.75, 3.05) is 258 Å². The third kappa shape index (κ3) is 76.8. The summed E-state index contributed by atoms with van der Waals surface area (Å²) in [5.74, 6) is 8.32. The number of quaternary nitrogens is 8. The summed E-state index contributed by atoms with van der Waals surface area (Å²) in [7, 11) is 12.8. The van der Waals surface area contributed by atoms with E-state index in [1.807, 2.05) is 138 Å². The standard InChI is InChI=1S/C16H34NOS.2C15H32NOS.C14H30NOS.C13H28NOS.C12H26NOS.C10H22NOS.C9H20NOS/c1-7-10-12-17(9-3,11-8-2)13-14-19-15(18)16(4,5)6;1-7-10-16(9-3,11-8-2)12-13-18-14(17)15(4,5)6;1-6-9-11-16(8-3,10-7-2)12-13-18-15(17)14(4)5;1-6-9-15(8-3,10-7-2)11-12-17-14(16)13(4)5;1-7-14(8-2,9-3)10-11-16-12(15)13(4,5)6;1-6-13(7-2,8-3)9-10-15-12(14)11(4)5;1-10(2,3)9(12)13-8-7-11(4,5)6;1-8(2)9(11)12-7-6-10(3,4)5/h7-14H2,1-6H3;7-13H2,1-6H3;14H,6-13H2,1-5H3;13H,6-12H2,1-5H3;7-11H2,1-6H3;11H,6-10H2,1-5H3;7-8H2,1-6H3;8H,6-7H2,1-5H3/q8*+1. The lowest BCUT2D eigenvalue weighted by Gasteiger charge is -2.38. The molecule has 2 atom stereocenters. The molecule has 16 nitrogen and oxygen atoms in total. The Hall–Kier alpha value is -0.160. The van der Waals surface area contributed by atoms with E-state index < -0.39 is 0 Å². The van der Waals surface area contributed by atoms with E-state index in [4.69, 9.17) is 0 Å². The second-order valence-corrected chi connectivity index (χ2v) is 51.6. The van der Waals surface area contributed by atoms with Gasteiger partial charge in [-0.1, -0.05) is 301 Å². The van der Waals surface area contributed by atoms with Crippen LogP contribution >= 0.6 is 94.1 Å². The third-order valence-corrected chi connectivity index (χ3v) is 33.6. The molecule has 24 heteroatoms. The van der Waals surface area contributed by atoms with Crippen molar-refractivity contribution in [3.05, 3.63) is 0 Å². The van der Waals surface area contributed by atoms with Crippen LogP contribution < -0.4 is 0 Å². The highest BCUT2D eigenvalue weighted by Gasteiger charge is 2.32. The van der Waals surface area contributed by atoms with E-state index in [1.165, 1.54) is 274 Å². The molecule has 0 aromatic carbocycles. The molecule has 0 aliphatic carbocycles. The summed E-state index contributed by atoms with van der Waals surface area (Å²) >= 11 is 12.0. The highest BCUT2D eigenvalue weighted by atomic mass is 32.2. The van der Waals surface area contributed by atoms with Gasteiger partial charge >= 0.3 is 0 Å². The first-order valence-electron chi connectivity index (χ1n) is 51.0. The fourth-order valence-electron chi connectivity index (χ4n) is 13.7. The Kier molecular flexibility index (Phi) is 88.0. The van der Waals surface area contributed by atoms with Crippen LogP contribution in [0, 0.1) is 45.3 Å². The van der Waals surface area contributed by atoms with Crippen LogP contribution in [-0.4, -0.2) is 335 Å². The van der Waals surface area contributed by atoms with Gasteiger partial charge in [-0.05, 0) is 121 Å². The molecule has 0 aromatic rings. The van der Waals surface area contributed by atoms with Crippen LogP contribution in [0.2, 0.25) is 0 Å². The first-order valence-corrected chi connectivity index (χ1v) is 58.9. The highest BCUT2D eigenvalue weighted by Crippen LogP contribution is 2.29. The van der Waals surface area contributed by atoms with Crippen molar-refractivity contribution in [2.45, 2.75) is 327 Å². The van der Waals surface area contributed by atoms with Crippen LogP contribution in [0.5, 0.6) is 0 Å². The minimum atomic E-state index is -0.208. The summed E-state index contributed by atoms with van der Waals surface area (Å²) in [5.41, 5.74) is -0.816. The van der Waals surface area contributed by atoms with Crippen molar-refractivity contribution in [3.63, 3.8) is 0 Å². The normalized spacial score (nSPS) is 13.2. The lowest BCUT2D eigenvalue weighted by atomic mass is 9.99. The molecule has 0 aromatic heterocycles. The van der Waals surface area contributed by atoms with Gasteiger partial charge in [0.2, 0.25) is 0 Å². The van der Waals surface area contributed by atoms with Crippen molar-refractivity contribution >= 4 is 135 Å². The zero-order valence-corrected chi connectivity index (χ0v) is 100. The number of hydrogen-bond donors (Lipinski definition) is 0. The van der Waals surface area contributed by atoms with Crippen LogP contribution in [-0.2, 0) is 38.4 Å². The van der Waals surface area contributed by atoms with E-state index in [1.54, 1.807) is 0 Å². The fraction of sp³-hybridized carbons (Fsp3) is 0.923. The Morgan fingerprint density at radius 2 is 0.336 bits per heavy atom. The zero-order chi connectivity index (χ0) is 102. The number of rotatable bonds is 56. The molecule has 0 aliphatic rings.